The van der Waals surface area contributed by atoms with Gasteiger partial charge >= 0.3 is 0 Å². The van der Waals surface area contributed by atoms with Gasteiger partial charge in [-0.3, -0.25) is 0 Å². The molecule has 0 spiro atoms. The lowest BCUT2D eigenvalue weighted by Crippen LogP contribution is -2.12. The molecule has 0 amide bonds. The first-order valence-corrected chi connectivity index (χ1v) is 4.96. The molecule has 3 heteroatoms. The summed E-state index contributed by atoms with van der Waals surface area (Å²) < 4.78 is 13.6. The van der Waals surface area contributed by atoms with Crippen molar-refractivity contribution in [2.24, 2.45) is 0 Å². The van der Waals surface area contributed by atoms with Crippen molar-refractivity contribution in [3.8, 4) is 0 Å². The molecule has 1 nitrogen and oxygen atoms in total. The monoisotopic (exact) mass is 279 g/mol. The molecule has 0 bridgehead atoms. The van der Waals surface area contributed by atoms with Crippen LogP contribution in [-0.4, -0.2) is 6.54 Å². The zero-order chi connectivity index (χ0) is 8.97. The zero-order valence-corrected chi connectivity index (χ0v) is 9.06. The molecule has 0 fully saturated rings. The first-order chi connectivity index (χ1) is 5.74. The molecule has 1 aromatic carbocycles. The Morgan fingerprint density at radius 1 is 1.50 bits per heavy atom. The van der Waals surface area contributed by atoms with Crippen LogP contribution >= 0.6 is 22.6 Å². The summed E-state index contributed by atoms with van der Waals surface area (Å²) in [6.07, 6.45) is 0. The van der Waals surface area contributed by atoms with Crippen molar-refractivity contribution in [2.75, 3.05) is 6.54 Å². The average molecular weight is 279 g/mol. The highest BCUT2D eigenvalue weighted by molar-refractivity contribution is 14.1. The van der Waals surface area contributed by atoms with Gasteiger partial charge in [-0.15, -0.1) is 0 Å². The Kier molecular flexibility index (Phi) is 3.94. The second-order valence-electron chi connectivity index (χ2n) is 2.52. The Morgan fingerprint density at radius 3 is 2.83 bits per heavy atom. The largest absolute Gasteiger partial charge is 0.313 e. The SMILES string of the molecule is CCNCc1ccc(F)cc1I. The van der Waals surface area contributed by atoms with E-state index >= 15 is 0 Å². The van der Waals surface area contributed by atoms with Gasteiger partial charge < -0.3 is 5.32 Å². The van der Waals surface area contributed by atoms with E-state index in [1.807, 2.05) is 6.07 Å². The number of halogens is 2. The van der Waals surface area contributed by atoms with Crippen molar-refractivity contribution in [1.29, 1.82) is 0 Å². The Hall–Kier alpha value is -0.160. The van der Waals surface area contributed by atoms with Crippen LogP contribution in [0.1, 0.15) is 12.5 Å². The van der Waals surface area contributed by atoms with Gasteiger partial charge in [0.05, 0.1) is 0 Å². The van der Waals surface area contributed by atoms with Crippen molar-refractivity contribution < 1.29 is 4.39 Å². The number of rotatable bonds is 3. The van der Waals surface area contributed by atoms with Gasteiger partial charge in [0.25, 0.3) is 0 Å². The highest BCUT2D eigenvalue weighted by Crippen LogP contribution is 2.13. The summed E-state index contributed by atoms with van der Waals surface area (Å²) in [6.45, 7) is 3.80. The maximum Gasteiger partial charge on any atom is 0.124 e. The summed E-state index contributed by atoms with van der Waals surface area (Å²) in [4.78, 5) is 0. The van der Waals surface area contributed by atoms with Crippen LogP contribution in [-0.2, 0) is 6.54 Å². The van der Waals surface area contributed by atoms with Crippen molar-refractivity contribution in [3.63, 3.8) is 0 Å². The Morgan fingerprint density at radius 2 is 2.25 bits per heavy atom. The summed E-state index contributed by atoms with van der Waals surface area (Å²) >= 11 is 2.15. The van der Waals surface area contributed by atoms with E-state index in [1.54, 1.807) is 6.07 Å². The maximum absolute atomic E-state index is 12.6. The molecule has 1 N–H and O–H groups in total. The minimum atomic E-state index is -0.167. The summed E-state index contributed by atoms with van der Waals surface area (Å²) in [5.41, 5.74) is 1.15. The van der Waals surface area contributed by atoms with E-state index < -0.39 is 0 Å². The van der Waals surface area contributed by atoms with E-state index in [9.17, 15) is 4.39 Å². The molecule has 0 saturated heterocycles. The molecular weight excluding hydrogens is 268 g/mol. The summed E-state index contributed by atoms with van der Waals surface area (Å²) in [5, 5.41) is 3.20. The first-order valence-electron chi connectivity index (χ1n) is 3.88. The van der Waals surface area contributed by atoms with Gasteiger partial charge in [0.15, 0.2) is 0 Å². The van der Waals surface area contributed by atoms with Crippen LogP contribution in [0.25, 0.3) is 0 Å². The lowest BCUT2D eigenvalue weighted by Gasteiger charge is -2.04. The van der Waals surface area contributed by atoms with Crippen LogP contribution in [0.4, 0.5) is 4.39 Å². The molecule has 0 atom stereocenters. The maximum atomic E-state index is 12.6. The van der Waals surface area contributed by atoms with Crippen molar-refractivity contribution >= 4 is 22.6 Å². The molecule has 12 heavy (non-hydrogen) atoms. The number of hydrogen-bond donors (Lipinski definition) is 1. The van der Waals surface area contributed by atoms with Crippen LogP contribution in [0, 0.1) is 9.39 Å². The smallest absolute Gasteiger partial charge is 0.124 e. The van der Waals surface area contributed by atoms with Gasteiger partial charge in [0, 0.05) is 10.1 Å². The highest BCUT2D eigenvalue weighted by Gasteiger charge is 1.99. The van der Waals surface area contributed by atoms with Crippen LogP contribution in [0.2, 0.25) is 0 Å². The minimum absolute atomic E-state index is 0.167. The molecule has 0 aliphatic rings. The van der Waals surface area contributed by atoms with Crippen molar-refractivity contribution in [1.82, 2.24) is 5.32 Å². The molecule has 0 aliphatic carbocycles. The fraction of sp³-hybridized carbons (Fsp3) is 0.333. The summed E-state index contributed by atoms with van der Waals surface area (Å²) in [5.74, 6) is -0.167. The van der Waals surface area contributed by atoms with Crippen molar-refractivity contribution in [2.45, 2.75) is 13.5 Å². The predicted molar refractivity (Wildman–Crippen MR) is 56.5 cm³/mol. The average Bonchev–Trinajstić information content (AvgIpc) is 2.03. The molecule has 0 radical (unpaired) electrons. The van der Waals surface area contributed by atoms with Crippen LogP contribution in [0.15, 0.2) is 18.2 Å². The van der Waals surface area contributed by atoms with Gasteiger partial charge in [0.2, 0.25) is 0 Å². The van der Waals surface area contributed by atoms with E-state index in [0.717, 1.165) is 22.2 Å². The molecule has 1 rings (SSSR count). The second-order valence-corrected chi connectivity index (χ2v) is 3.68. The minimum Gasteiger partial charge on any atom is -0.313 e. The van der Waals surface area contributed by atoms with Crippen LogP contribution in [0.3, 0.4) is 0 Å². The first kappa shape index (κ1) is 9.92. The fourth-order valence-corrected chi connectivity index (χ4v) is 1.59. The molecular formula is C9H11FIN. The predicted octanol–water partition coefficient (Wildman–Crippen LogP) is 2.54. The quantitative estimate of drug-likeness (QED) is 0.838. The Balaban J connectivity index is 2.72. The standard InChI is InChI=1S/C9H11FIN/c1-2-12-6-7-3-4-8(10)5-9(7)11/h3-5,12H,2,6H2,1H3. The highest BCUT2D eigenvalue weighted by atomic mass is 127. The van der Waals surface area contributed by atoms with E-state index in [2.05, 4.69) is 34.8 Å². The fourth-order valence-electron chi connectivity index (χ4n) is 0.925. The van der Waals surface area contributed by atoms with E-state index in [4.69, 9.17) is 0 Å². The third-order valence-corrected chi connectivity index (χ3v) is 2.58. The molecule has 0 saturated carbocycles. The third kappa shape index (κ3) is 2.71. The topological polar surface area (TPSA) is 12.0 Å². The zero-order valence-electron chi connectivity index (χ0n) is 6.90. The van der Waals surface area contributed by atoms with Crippen molar-refractivity contribution in [3.05, 3.63) is 33.1 Å². The van der Waals surface area contributed by atoms with Gasteiger partial charge in [-0.2, -0.15) is 0 Å². The normalized spacial score (nSPS) is 10.2. The van der Waals surface area contributed by atoms with Gasteiger partial charge in [0.1, 0.15) is 5.82 Å². The van der Waals surface area contributed by atoms with Crippen LogP contribution < -0.4 is 5.32 Å². The molecule has 1 aromatic rings. The number of nitrogens with one attached hydrogen (secondary N) is 1. The van der Waals surface area contributed by atoms with Gasteiger partial charge in [-0.05, 0) is 46.8 Å². The van der Waals surface area contributed by atoms with Gasteiger partial charge in [-0.1, -0.05) is 13.0 Å². The van der Waals surface area contributed by atoms with E-state index in [1.165, 1.54) is 6.07 Å². The lowest BCUT2D eigenvalue weighted by atomic mass is 10.2. The third-order valence-electron chi connectivity index (χ3n) is 1.58. The summed E-state index contributed by atoms with van der Waals surface area (Å²) in [6, 6.07) is 4.86. The van der Waals surface area contributed by atoms with Gasteiger partial charge in [-0.25, -0.2) is 4.39 Å². The summed E-state index contributed by atoms with van der Waals surface area (Å²) in [7, 11) is 0. The Labute approximate surface area is 85.5 Å². The molecule has 66 valence electrons. The second kappa shape index (κ2) is 4.77. The number of benzene rings is 1. The van der Waals surface area contributed by atoms with E-state index in [0.29, 0.717) is 0 Å². The van der Waals surface area contributed by atoms with E-state index in [-0.39, 0.29) is 5.82 Å². The molecule has 0 aliphatic heterocycles. The number of hydrogen-bond acceptors (Lipinski definition) is 1. The molecule has 0 unspecified atom stereocenters. The lowest BCUT2D eigenvalue weighted by molar-refractivity contribution is 0.624. The van der Waals surface area contributed by atoms with Crippen LogP contribution in [0.5, 0.6) is 0 Å². The molecule has 0 aromatic heterocycles. The Bertz CT molecular complexity index is 263. The molecule has 0 heterocycles.